The van der Waals surface area contributed by atoms with E-state index in [2.05, 4.69) is 118 Å². The van der Waals surface area contributed by atoms with Gasteiger partial charge in [-0.2, -0.15) is 0 Å². The van der Waals surface area contributed by atoms with Crippen molar-refractivity contribution < 1.29 is 28.6 Å². The van der Waals surface area contributed by atoms with Crippen LogP contribution in [0.4, 0.5) is 0 Å². The average Bonchev–Trinajstić information content (AvgIpc) is 3.42. The van der Waals surface area contributed by atoms with Crippen LogP contribution in [0.25, 0.3) is 0 Å². The number of ether oxygens (including phenoxy) is 3. The number of hydrogen-bond donors (Lipinski definition) is 0. The van der Waals surface area contributed by atoms with Crippen LogP contribution < -0.4 is 0 Å². The molecule has 0 rings (SSSR count). The third-order valence-corrected chi connectivity index (χ3v) is 13.8. The van der Waals surface area contributed by atoms with Gasteiger partial charge in [0.05, 0.1) is 0 Å². The molecule has 0 radical (unpaired) electrons. The van der Waals surface area contributed by atoms with Crippen LogP contribution in [0.3, 0.4) is 0 Å². The number of allylic oxidation sites excluding steroid dienone is 16. The Labute approximate surface area is 470 Å². The molecule has 6 heteroatoms. The Morgan fingerprint density at radius 1 is 0.276 bits per heavy atom. The lowest BCUT2D eigenvalue weighted by Gasteiger charge is -2.18. The molecule has 0 aliphatic rings. The SMILES string of the molecule is CC/C=C\C/C=C\C/C=C\C/C=C\CCCCCCCCCCCCCCCCCCCCCCC(=O)OCC(COC(=O)CCCCCCCCCC)OC(=O)CCCCCC/C=C\C/C=C\C/C=C\C/C=C\CC. The molecular weight excluding hydrogens is 937 g/mol. The van der Waals surface area contributed by atoms with Crippen LogP contribution in [-0.2, 0) is 28.6 Å². The molecule has 0 saturated carbocycles. The van der Waals surface area contributed by atoms with E-state index in [-0.39, 0.29) is 31.1 Å². The number of carbonyl (C=O) groups is 3. The standard InChI is InChI=1S/C70H120O6/c1-4-7-10-13-16-19-21-23-25-27-28-29-30-31-32-33-34-35-36-37-38-39-40-41-42-44-45-47-49-51-54-57-60-63-69(72)75-66-67(65-74-68(71)62-59-56-53-18-15-12-9-6-3)76-70(73)64-61-58-55-52-50-48-46-43-26-24-22-20-17-14-11-8-5-2/h7-8,10-11,16-17,19-20,23-26,28-29,46,48,67H,4-6,9,12-15,18,21-22,27,30-45,47,49-66H2,1-3H3/b10-7-,11-8-,19-16-,20-17-,25-23-,26-24-,29-28-,48-46-. The Morgan fingerprint density at radius 2 is 0.513 bits per heavy atom. The summed E-state index contributed by atoms with van der Waals surface area (Å²) >= 11 is 0. The van der Waals surface area contributed by atoms with E-state index in [0.717, 1.165) is 122 Å². The van der Waals surface area contributed by atoms with Gasteiger partial charge >= 0.3 is 17.9 Å². The molecule has 0 aliphatic heterocycles. The zero-order chi connectivity index (χ0) is 55.0. The van der Waals surface area contributed by atoms with Crippen LogP contribution in [0.2, 0.25) is 0 Å². The Bertz CT molecular complexity index is 1490. The zero-order valence-corrected chi connectivity index (χ0v) is 50.0. The second-order valence-electron chi connectivity index (χ2n) is 21.3. The van der Waals surface area contributed by atoms with E-state index >= 15 is 0 Å². The van der Waals surface area contributed by atoms with Crippen LogP contribution in [-0.4, -0.2) is 37.2 Å². The van der Waals surface area contributed by atoms with E-state index in [0.29, 0.717) is 19.3 Å². The maximum absolute atomic E-state index is 12.8. The topological polar surface area (TPSA) is 78.9 Å². The molecule has 0 aromatic rings. The molecule has 1 unspecified atom stereocenters. The molecule has 0 amide bonds. The largest absolute Gasteiger partial charge is 0.462 e. The monoisotopic (exact) mass is 1060 g/mol. The molecule has 0 aromatic carbocycles. The lowest BCUT2D eigenvalue weighted by Crippen LogP contribution is -2.30. The van der Waals surface area contributed by atoms with Crippen LogP contribution in [0, 0.1) is 0 Å². The van der Waals surface area contributed by atoms with E-state index in [4.69, 9.17) is 14.2 Å². The fraction of sp³-hybridized carbons (Fsp3) is 0.729. The second kappa shape index (κ2) is 63.9. The second-order valence-corrected chi connectivity index (χ2v) is 21.3. The first-order valence-corrected chi connectivity index (χ1v) is 32.2. The predicted octanol–water partition coefficient (Wildman–Crippen LogP) is 22.0. The van der Waals surface area contributed by atoms with Gasteiger partial charge < -0.3 is 14.2 Å². The minimum atomic E-state index is -0.786. The highest BCUT2D eigenvalue weighted by Gasteiger charge is 2.19. The fourth-order valence-electron chi connectivity index (χ4n) is 9.07. The van der Waals surface area contributed by atoms with Crippen LogP contribution in [0.5, 0.6) is 0 Å². The molecular formula is C70H120O6. The summed E-state index contributed by atoms with van der Waals surface area (Å²) in [7, 11) is 0. The summed E-state index contributed by atoms with van der Waals surface area (Å²) in [4.78, 5) is 38.1. The van der Waals surface area contributed by atoms with Crippen LogP contribution in [0.1, 0.15) is 310 Å². The molecule has 0 aliphatic carbocycles. The molecule has 0 heterocycles. The molecule has 76 heavy (non-hydrogen) atoms. The van der Waals surface area contributed by atoms with Crippen molar-refractivity contribution in [2.24, 2.45) is 0 Å². The Kier molecular flexibility index (Phi) is 60.8. The Hall–Kier alpha value is -3.67. The van der Waals surface area contributed by atoms with Crippen molar-refractivity contribution in [2.75, 3.05) is 13.2 Å². The molecule has 0 saturated heterocycles. The Balaban J connectivity index is 4.06. The van der Waals surface area contributed by atoms with Crippen molar-refractivity contribution in [3.8, 4) is 0 Å². The van der Waals surface area contributed by atoms with Gasteiger partial charge in [-0.05, 0) is 96.3 Å². The fourth-order valence-corrected chi connectivity index (χ4v) is 9.07. The number of hydrogen-bond acceptors (Lipinski definition) is 6. The minimum Gasteiger partial charge on any atom is -0.462 e. The number of esters is 3. The minimum absolute atomic E-state index is 0.0836. The molecule has 0 N–H and O–H groups in total. The number of rotatable bonds is 58. The van der Waals surface area contributed by atoms with Gasteiger partial charge in [0.25, 0.3) is 0 Å². The third kappa shape index (κ3) is 61.2. The van der Waals surface area contributed by atoms with Crippen LogP contribution in [0.15, 0.2) is 97.2 Å². The van der Waals surface area contributed by atoms with E-state index in [9.17, 15) is 14.4 Å². The molecule has 0 aromatic heterocycles. The maximum Gasteiger partial charge on any atom is 0.306 e. The summed E-state index contributed by atoms with van der Waals surface area (Å²) in [6, 6.07) is 0. The van der Waals surface area contributed by atoms with Gasteiger partial charge in [-0.25, -0.2) is 0 Å². The normalized spacial score (nSPS) is 12.7. The summed E-state index contributed by atoms with van der Waals surface area (Å²) in [5.41, 5.74) is 0. The predicted molar refractivity (Wildman–Crippen MR) is 330 cm³/mol. The molecule has 1 atom stereocenters. The average molecular weight is 1060 g/mol. The number of unbranched alkanes of at least 4 members (excludes halogenated alkanes) is 31. The van der Waals surface area contributed by atoms with Crippen molar-refractivity contribution >= 4 is 17.9 Å². The van der Waals surface area contributed by atoms with Crippen LogP contribution >= 0.6 is 0 Å². The van der Waals surface area contributed by atoms with E-state index in [1.54, 1.807) is 0 Å². The molecule has 6 nitrogen and oxygen atoms in total. The quantitative estimate of drug-likeness (QED) is 0.0261. The maximum atomic E-state index is 12.8. The summed E-state index contributed by atoms with van der Waals surface area (Å²) < 4.78 is 16.8. The molecule has 0 fully saturated rings. The first kappa shape index (κ1) is 72.3. The van der Waals surface area contributed by atoms with Crippen molar-refractivity contribution in [2.45, 2.75) is 316 Å². The highest BCUT2D eigenvalue weighted by molar-refractivity contribution is 5.71. The summed E-state index contributed by atoms with van der Waals surface area (Å²) in [6.45, 7) is 6.39. The van der Waals surface area contributed by atoms with E-state index < -0.39 is 6.10 Å². The lowest BCUT2D eigenvalue weighted by atomic mass is 10.0. The van der Waals surface area contributed by atoms with Gasteiger partial charge in [0.2, 0.25) is 0 Å². The van der Waals surface area contributed by atoms with E-state index in [1.807, 2.05) is 0 Å². The molecule has 0 spiro atoms. The number of carbonyl (C=O) groups excluding carboxylic acids is 3. The zero-order valence-electron chi connectivity index (χ0n) is 50.0. The van der Waals surface area contributed by atoms with Crippen molar-refractivity contribution in [3.63, 3.8) is 0 Å². The summed E-state index contributed by atoms with van der Waals surface area (Å²) in [5, 5.41) is 0. The third-order valence-electron chi connectivity index (χ3n) is 13.8. The van der Waals surface area contributed by atoms with Gasteiger partial charge in [0.1, 0.15) is 13.2 Å². The van der Waals surface area contributed by atoms with Gasteiger partial charge in [0, 0.05) is 19.3 Å². The Morgan fingerprint density at radius 3 is 0.803 bits per heavy atom. The van der Waals surface area contributed by atoms with E-state index in [1.165, 1.54) is 148 Å². The first-order chi connectivity index (χ1) is 37.5. The first-order valence-electron chi connectivity index (χ1n) is 32.2. The van der Waals surface area contributed by atoms with Crippen molar-refractivity contribution in [1.29, 1.82) is 0 Å². The smallest absolute Gasteiger partial charge is 0.306 e. The van der Waals surface area contributed by atoms with Gasteiger partial charge in [0.15, 0.2) is 6.10 Å². The van der Waals surface area contributed by atoms with Crippen molar-refractivity contribution in [3.05, 3.63) is 97.2 Å². The molecule has 436 valence electrons. The molecule has 0 bridgehead atoms. The van der Waals surface area contributed by atoms with Gasteiger partial charge in [-0.15, -0.1) is 0 Å². The summed E-state index contributed by atoms with van der Waals surface area (Å²) in [6.07, 6.45) is 85.9. The van der Waals surface area contributed by atoms with Crippen molar-refractivity contribution in [1.82, 2.24) is 0 Å². The highest BCUT2D eigenvalue weighted by atomic mass is 16.6. The van der Waals surface area contributed by atoms with Gasteiger partial charge in [-0.3, -0.25) is 14.4 Å². The lowest BCUT2D eigenvalue weighted by molar-refractivity contribution is -0.167. The van der Waals surface area contributed by atoms with Gasteiger partial charge in [-0.1, -0.05) is 291 Å². The highest BCUT2D eigenvalue weighted by Crippen LogP contribution is 2.17. The summed E-state index contributed by atoms with van der Waals surface area (Å²) in [5.74, 6) is -0.902.